The summed E-state index contributed by atoms with van der Waals surface area (Å²) in [6.45, 7) is 7.97. The van der Waals surface area contributed by atoms with Crippen LogP contribution in [0.3, 0.4) is 0 Å². The number of hydrogen-bond donors (Lipinski definition) is 2. The number of H-pyrrole nitrogens is 1. The van der Waals surface area contributed by atoms with Gasteiger partial charge in [0.25, 0.3) is 0 Å². The summed E-state index contributed by atoms with van der Waals surface area (Å²) < 4.78 is 1.77. The lowest BCUT2D eigenvalue weighted by molar-refractivity contribution is -0.118. The second-order valence-electron chi connectivity index (χ2n) is 9.84. The van der Waals surface area contributed by atoms with Crippen molar-refractivity contribution in [1.29, 1.82) is 0 Å². The van der Waals surface area contributed by atoms with Crippen molar-refractivity contribution >= 4 is 22.5 Å². The number of pyridine rings is 1. The third kappa shape index (κ3) is 4.84. The van der Waals surface area contributed by atoms with Gasteiger partial charge in [-0.05, 0) is 55.9 Å². The number of amides is 1. The zero-order valence-corrected chi connectivity index (χ0v) is 20.9. The fraction of sp³-hybridized carbons (Fsp3) is 0.407. The Labute approximate surface area is 205 Å². The number of aromatic amines is 1. The van der Waals surface area contributed by atoms with Gasteiger partial charge in [-0.3, -0.25) is 24.5 Å². The molecule has 8 heteroatoms. The average molecular weight is 472 g/mol. The molecular formula is C27H33N7O. The lowest BCUT2D eigenvalue weighted by Crippen LogP contribution is -2.46. The van der Waals surface area contributed by atoms with E-state index < -0.39 is 0 Å². The van der Waals surface area contributed by atoms with Gasteiger partial charge in [0.1, 0.15) is 5.69 Å². The van der Waals surface area contributed by atoms with Crippen molar-refractivity contribution in [3.63, 3.8) is 0 Å². The third-order valence-corrected chi connectivity index (χ3v) is 7.08. The van der Waals surface area contributed by atoms with E-state index in [1.165, 1.54) is 12.8 Å². The van der Waals surface area contributed by atoms with Crippen molar-refractivity contribution in [2.24, 2.45) is 13.0 Å². The summed E-state index contributed by atoms with van der Waals surface area (Å²) >= 11 is 0. The van der Waals surface area contributed by atoms with Crippen molar-refractivity contribution in [1.82, 2.24) is 29.9 Å². The van der Waals surface area contributed by atoms with E-state index in [-0.39, 0.29) is 5.91 Å². The third-order valence-electron chi connectivity index (χ3n) is 7.08. The van der Waals surface area contributed by atoms with Crippen molar-refractivity contribution < 1.29 is 4.79 Å². The van der Waals surface area contributed by atoms with E-state index in [9.17, 15) is 4.79 Å². The molecule has 2 atom stereocenters. The first-order valence-corrected chi connectivity index (χ1v) is 12.4. The van der Waals surface area contributed by atoms with Gasteiger partial charge in [0, 0.05) is 48.0 Å². The maximum Gasteiger partial charge on any atom is 0.238 e. The number of nitrogens with one attached hydrogen (secondary N) is 2. The number of benzene rings is 1. The van der Waals surface area contributed by atoms with Gasteiger partial charge < -0.3 is 5.32 Å². The highest BCUT2D eigenvalue weighted by atomic mass is 16.2. The van der Waals surface area contributed by atoms with Crippen LogP contribution in [0.15, 0.2) is 42.9 Å². The fourth-order valence-electron chi connectivity index (χ4n) is 5.20. The molecule has 3 aromatic heterocycles. The van der Waals surface area contributed by atoms with E-state index >= 15 is 0 Å². The smallest absolute Gasteiger partial charge is 0.238 e. The molecule has 1 aliphatic heterocycles. The second kappa shape index (κ2) is 9.62. The van der Waals surface area contributed by atoms with Gasteiger partial charge in [-0.1, -0.05) is 19.9 Å². The van der Waals surface area contributed by atoms with Crippen LogP contribution in [0.5, 0.6) is 0 Å². The van der Waals surface area contributed by atoms with Crippen molar-refractivity contribution in [3.05, 3.63) is 48.4 Å². The van der Waals surface area contributed by atoms with Crippen LogP contribution in [-0.4, -0.2) is 54.9 Å². The van der Waals surface area contributed by atoms with E-state index in [2.05, 4.69) is 50.4 Å². The van der Waals surface area contributed by atoms with Gasteiger partial charge in [-0.15, -0.1) is 0 Å². The molecule has 0 radical (unpaired) electrons. The molecule has 1 aromatic carbocycles. The molecule has 0 spiro atoms. The van der Waals surface area contributed by atoms with E-state index in [0.717, 1.165) is 57.6 Å². The highest BCUT2D eigenvalue weighted by Gasteiger charge is 2.26. The van der Waals surface area contributed by atoms with E-state index in [1.807, 2.05) is 50.8 Å². The fourth-order valence-corrected chi connectivity index (χ4v) is 5.20. The van der Waals surface area contributed by atoms with Crippen LogP contribution in [0.1, 0.15) is 38.7 Å². The van der Waals surface area contributed by atoms with Crippen LogP contribution in [-0.2, 0) is 11.8 Å². The van der Waals surface area contributed by atoms with Gasteiger partial charge >= 0.3 is 0 Å². The molecule has 182 valence electrons. The minimum Gasteiger partial charge on any atom is -0.325 e. The number of hydrogen-bond acceptors (Lipinski definition) is 5. The topological polar surface area (TPSA) is 91.7 Å². The lowest BCUT2D eigenvalue weighted by atomic mass is 9.93. The standard InChI is InChI=1S/C27H33N7O/c1-5-21-8-6-17(2)14-34(21)16-26(35)30-20-7-9-22(18(3)10-20)24-11-23-25(13-28-24)31-32-27(23)19-12-29-33(4)15-19/h7,9-13,15,17,21H,5-6,8,14,16H2,1-4H3,(H,30,35)(H,31,32)/t17-,21+/m1/s1. The van der Waals surface area contributed by atoms with Crippen LogP contribution < -0.4 is 5.32 Å². The molecule has 35 heavy (non-hydrogen) atoms. The number of piperidine rings is 1. The Balaban J connectivity index is 1.34. The van der Waals surface area contributed by atoms with Gasteiger partial charge in [0.2, 0.25) is 5.91 Å². The predicted molar refractivity (Wildman–Crippen MR) is 139 cm³/mol. The second-order valence-corrected chi connectivity index (χ2v) is 9.84. The molecule has 1 saturated heterocycles. The number of carbonyl (C=O) groups excluding carboxylic acids is 1. The number of fused-ring (bicyclic) bond motifs is 1. The minimum atomic E-state index is 0.0451. The summed E-state index contributed by atoms with van der Waals surface area (Å²) in [5, 5.41) is 15.9. The number of nitrogens with zero attached hydrogens (tertiary/aromatic N) is 5. The molecule has 1 amide bonds. The SMILES string of the molecule is CC[C@H]1CC[C@@H](C)CN1CC(=O)Nc1ccc(-c2cc3c(-c4cnn(C)c4)n[nH]c3cn2)c(C)c1. The van der Waals surface area contributed by atoms with Gasteiger partial charge in [0.15, 0.2) is 0 Å². The molecule has 1 fully saturated rings. The lowest BCUT2D eigenvalue weighted by Gasteiger charge is -2.37. The summed E-state index contributed by atoms with van der Waals surface area (Å²) in [7, 11) is 1.89. The van der Waals surface area contributed by atoms with Crippen molar-refractivity contribution in [3.8, 4) is 22.5 Å². The van der Waals surface area contributed by atoms with Gasteiger partial charge in [-0.2, -0.15) is 10.2 Å². The summed E-state index contributed by atoms with van der Waals surface area (Å²) in [6.07, 6.45) is 9.09. The molecule has 0 aliphatic carbocycles. The van der Waals surface area contributed by atoms with Crippen molar-refractivity contribution in [2.45, 2.75) is 46.1 Å². The molecule has 0 unspecified atom stereocenters. The van der Waals surface area contributed by atoms with Crippen LogP contribution >= 0.6 is 0 Å². The molecule has 4 heterocycles. The molecule has 8 nitrogen and oxygen atoms in total. The van der Waals surface area contributed by atoms with E-state index in [1.54, 1.807) is 4.68 Å². The zero-order chi connectivity index (χ0) is 24.5. The number of aryl methyl sites for hydroxylation is 2. The largest absolute Gasteiger partial charge is 0.325 e. The summed E-state index contributed by atoms with van der Waals surface area (Å²) in [4.78, 5) is 19.8. The Kier molecular flexibility index (Phi) is 6.38. The summed E-state index contributed by atoms with van der Waals surface area (Å²) in [5.41, 5.74) is 6.46. The maximum absolute atomic E-state index is 12.8. The van der Waals surface area contributed by atoms with Gasteiger partial charge in [-0.25, -0.2) is 0 Å². The molecular weight excluding hydrogens is 438 g/mol. The quantitative estimate of drug-likeness (QED) is 0.422. The Hall–Kier alpha value is -3.52. The van der Waals surface area contributed by atoms with Crippen LogP contribution in [0.2, 0.25) is 0 Å². The van der Waals surface area contributed by atoms with Crippen LogP contribution in [0, 0.1) is 12.8 Å². The number of likely N-dealkylation sites (tertiary alicyclic amines) is 1. The number of rotatable bonds is 6. The monoisotopic (exact) mass is 471 g/mol. The first kappa shape index (κ1) is 23.2. The van der Waals surface area contributed by atoms with Crippen molar-refractivity contribution in [2.75, 3.05) is 18.4 Å². The maximum atomic E-state index is 12.8. The Morgan fingerprint density at radius 2 is 2.09 bits per heavy atom. The normalized spacial score (nSPS) is 18.7. The molecule has 0 saturated carbocycles. The molecule has 5 rings (SSSR count). The minimum absolute atomic E-state index is 0.0451. The summed E-state index contributed by atoms with van der Waals surface area (Å²) in [6, 6.07) is 8.57. The van der Waals surface area contributed by atoms with E-state index in [0.29, 0.717) is 18.5 Å². The van der Waals surface area contributed by atoms with Crippen LogP contribution in [0.4, 0.5) is 5.69 Å². The highest BCUT2D eigenvalue weighted by molar-refractivity contribution is 5.95. The number of carbonyl (C=O) groups is 1. The number of aromatic nitrogens is 5. The Morgan fingerprint density at radius 1 is 1.23 bits per heavy atom. The Morgan fingerprint density at radius 3 is 2.83 bits per heavy atom. The number of anilines is 1. The first-order valence-electron chi connectivity index (χ1n) is 12.4. The van der Waals surface area contributed by atoms with Crippen LogP contribution in [0.25, 0.3) is 33.4 Å². The predicted octanol–water partition coefficient (Wildman–Crippen LogP) is 4.78. The van der Waals surface area contributed by atoms with E-state index in [4.69, 9.17) is 0 Å². The Bertz CT molecular complexity index is 1350. The van der Waals surface area contributed by atoms with Gasteiger partial charge in [0.05, 0.1) is 30.1 Å². The summed E-state index contributed by atoms with van der Waals surface area (Å²) in [5.74, 6) is 0.689. The molecule has 0 bridgehead atoms. The zero-order valence-electron chi connectivity index (χ0n) is 20.9. The highest BCUT2D eigenvalue weighted by Crippen LogP contribution is 2.31. The molecule has 1 aliphatic rings. The molecule has 2 N–H and O–H groups in total. The first-order chi connectivity index (χ1) is 16.9. The molecule has 4 aromatic rings. The average Bonchev–Trinajstić information content (AvgIpc) is 3.44.